The minimum atomic E-state index is -3.52. The molecule has 1 saturated carbocycles. The van der Waals surface area contributed by atoms with Gasteiger partial charge in [0.2, 0.25) is 5.95 Å². The number of nitrogens with one attached hydrogen (secondary N) is 2. The van der Waals surface area contributed by atoms with Gasteiger partial charge < -0.3 is 15.4 Å². The fourth-order valence-electron chi connectivity index (χ4n) is 4.56. The number of rotatable bonds is 8. The number of methoxy groups -OCH3 is 1. The first-order valence-corrected chi connectivity index (χ1v) is 13.5. The van der Waals surface area contributed by atoms with Gasteiger partial charge in [-0.3, -0.25) is 0 Å². The lowest BCUT2D eigenvalue weighted by Gasteiger charge is -2.25. The van der Waals surface area contributed by atoms with E-state index in [9.17, 15) is 8.42 Å². The zero-order valence-electron chi connectivity index (χ0n) is 23.3. The van der Waals surface area contributed by atoms with E-state index in [-0.39, 0.29) is 16.6 Å². The summed E-state index contributed by atoms with van der Waals surface area (Å²) < 4.78 is 54.1. The second-order valence-electron chi connectivity index (χ2n) is 9.25. The van der Waals surface area contributed by atoms with Gasteiger partial charge in [0.15, 0.2) is 9.84 Å². The van der Waals surface area contributed by atoms with Gasteiger partial charge in [-0.2, -0.15) is 4.98 Å². The number of sulfone groups is 1. The Morgan fingerprint density at radius 1 is 1.06 bits per heavy atom. The third-order valence-electron chi connectivity index (χ3n) is 6.50. The molecule has 2 aromatic carbocycles. The van der Waals surface area contributed by atoms with E-state index >= 15 is 0 Å². The minimum absolute atomic E-state index is 0.186. The predicted molar refractivity (Wildman–Crippen MR) is 141 cm³/mol. The number of anilines is 4. The van der Waals surface area contributed by atoms with Crippen molar-refractivity contribution in [1.82, 2.24) is 9.97 Å². The molecule has 2 N–H and O–H groups in total. The summed E-state index contributed by atoms with van der Waals surface area (Å²) in [6.07, 6.45) is 7.23. The van der Waals surface area contributed by atoms with Crippen LogP contribution in [-0.4, -0.2) is 30.7 Å². The van der Waals surface area contributed by atoms with Crippen molar-refractivity contribution < 1.29 is 17.3 Å². The van der Waals surface area contributed by atoms with E-state index < -0.39 is 22.1 Å². The first-order valence-electron chi connectivity index (χ1n) is 13.5. The van der Waals surface area contributed by atoms with E-state index in [0.29, 0.717) is 23.1 Å². The number of nitrogens with zero attached hydrogens (tertiary/aromatic N) is 2. The van der Waals surface area contributed by atoms with Gasteiger partial charge in [-0.25, -0.2) is 13.4 Å². The lowest BCUT2D eigenvalue weighted by Crippen LogP contribution is -2.15. The minimum Gasteiger partial charge on any atom is -0.495 e. The average molecular weight is 498 g/mol. The van der Waals surface area contributed by atoms with E-state index in [1.807, 2.05) is 19.1 Å². The largest absolute Gasteiger partial charge is 0.495 e. The molecular weight excluding hydrogens is 460 g/mol. The van der Waals surface area contributed by atoms with Gasteiger partial charge in [-0.1, -0.05) is 31.4 Å². The van der Waals surface area contributed by atoms with Crippen molar-refractivity contribution in [3.8, 4) is 5.75 Å². The molecule has 1 aliphatic carbocycles. The van der Waals surface area contributed by atoms with Gasteiger partial charge in [-0.05, 0) is 81.0 Å². The molecule has 0 amide bonds. The highest BCUT2D eigenvalue weighted by molar-refractivity contribution is 7.92. The standard InChI is InChI=1S/C27H34N4O3S/c1-18(2)35(32,33)25-13-9-8-12-22(25)29-26-14-15-28-27(31-26)30-23-16-19(3)21(17-24(23)34-4)20-10-6-5-7-11-20/h8-9,12-18,20H,5-7,10-11H2,1-4H3,(H2,28,29,30,31)/i4D3. The summed E-state index contributed by atoms with van der Waals surface area (Å²) in [7, 11) is -6.14. The maximum atomic E-state index is 12.8. The van der Waals surface area contributed by atoms with Crippen molar-refractivity contribution in [1.29, 1.82) is 0 Å². The third-order valence-corrected chi connectivity index (χ3v) is 8.71. The van der Waals surface area contributed by atoms with Crippen LogP contribution in [0.25, 0.3) is 0 Å². The molecule has 35 heavy (non-hydrogen) atoms. The van der Waals surface area contributed by atoms with Crippen LogP contribution in [0.2, 0.25) is 0 Å². The van der Waals surface area contributed by atoms with Crippen molar-refractivity contribution >= 4 is 33.0 Å². The van der Waals surface area contributed by atoms with Crippen molar-refractivity contribution in [3.05, 3.63) is 59.8 Å². The van der Waals surface area contributed by atoms with Crippen LogP contribution in [0.1, 0.15) is 67.1 Å². The van der Waals surface area contributed by atoms with Crippen LogP contribution in [0, 0.1) is 6.92 Å². The van der Waals surface area contributed by atoms with Crippen molar-refractivity contribution in [2.24, 2.45) is 0 Å². The Bertz CT molecular complexity index is 1390. The molecule has 0 radical (unpaired) electrons. The molecule has 0 atom stereocenters. The molecular formula is C27H34N4O3S. The van der Waals surface area contributed by atoms with Crippen molar-refractivity contribution in [3.63, 3.8) is 0 Å². The SMILES string of the molecule is [2H]C([2H])([2H])Oc1cc(C2CCCCC2)c(C)cc1Nc1nccc(Nc2ccccc2S(=O)(=O)C(C)C)n1. The van der Waals surface area contributed by atoms with Crippen molar-refractivity contribution in [2.45, 2.75) is 68.9 Å². The quantitative estimate of drug-likeness (QED) is 0.366. The molecule has 4 rings (SSSR count). The second kappa shape index (κ2) is 10.6. The number of para-hydroxylation sites is 1. The van der Waals surface area contributed by atoms with Crippen LogP contribution in [0.4, 0.5) is 23.1 Å². The second-order valence-corrected chi connectivity index (χ2v) is 11.7. The fourth-order valence-corrected chi connectivity index (χ4v) is 5.76. The van der Waals surface area contributed by atoms with Crippen LogP contribution in [-0.2, 0) is 9.84 Å². The highest BCUT2D eigenvalue weighted by atomic mass is 32.2. The Morgan fingerprint density at radius 2 is 1.83 bits per heavy atom. The van der Waals surface area contributed by atoms with E-state index in [1.165, 1.54) is 12.6 Å². The van der Waals surface area contributed by atoms with Gasteiger partial charge in [0.05, 0.1) is 32.7 Å². The number of hydrogen-bond donors (Lipinski definition) is 2. The first kappa shape index (κ1) is 21.2. The maximum absolute atomic E-state index is 12.8. The third kappa shape index (κ3) is 5.59. The molecule has 0 unspecified atom stereocenters. The van der Waals surface area contributed by atoms with Gasteiger partial charge in [0.25, 0.3) is 0 Å². The molecule has 7 nitrogen and oxygen atoms in total. The molecule has 0 spiro atoms. The number of ether oxygens (including phenoxy) is 1. The number of benzene rings is 2. The molecule has 8 heteroatoms. The topological polar surface area (TPSA) is 93.2 Å². The van der Waals surface area contributed by atoms with Crippen LogP contribution in [0.3, 0.4) is 0 Å². The van der Waals surface area contributed by atoms with Gasteiger partial charge in [-0.15, -0.1) is 0 Å². The van der Waals surface area contributed by atoms with E-state index in [4.69, 9.17) is 8.85 Å². The van der Waals surface area contributed by atoms with Crippen LogP contribution >= 0.6 is 0 Å². The highest BCUT2D eigenvalue weighted by Crippen LogP contribution is 2.39. The Morgan fingerprint density at radius 3 is 2.57 bits per heavy atom. The molecule has 0 aliphatic heterocycles. The maximum Gasteiger partial charge on any atom is 0.229 e. The summed E-state index contributed by atoms with van der Waals surface area (Å²) in [6.45, 7) is 5.29. The Labute approximate surface area is 212 Å². The lowest BCUT2D eigenvalue weighted by atomic mass is 9.82. The van der Waals surface area contributed by atoms with Crippen molar-refractivity contribution in [2.75, 3.05) is 17.7 Å². The monoisotopic (exact) mass is 497 g/mol. The number of aryl methyl sites for hydroxylation is 1. The molecule has 1 aromatic heterocycles. The van der Waals surface area contributed by atoms with E-state index in [1.54, 1.807) is 44.2 Å². The van der Waals surface area contributed by atoms with Gasteiger partial charge in [0, 0.05) is 6.20 Å². The van der Waals surface area contributed by atoms with Gasteiger partial charge in [0.1, 0.15) is 11.6 Å². The number of aromatic nitrogens is 2. The predicted octanol–water partition coefficient (Wildman–Crippen LogP) is 6.51. The lowest BCUT2D eigenvalue weighted by molar-refractivity contribution is 0.411. The molecule has 1 fully saturated rings. The van der Waals surface area contributed by atoms with E-state index in [0.717, 1.165) is 36.8 Å². The first-order chi connectivity index (χ1) is 17.9. The van der Waals surface area contributed by atoms with Crippen LogP contribution < -0.4 is 15.4 Å². The molecule has 186 valence electrons. The normalized spacial score (nSPS) is 16.3. The molecule has 3 aromatic rings. The smallest absolute Gasteiger partial charge is 0.229 e. The zero-order valence-corrected chi connectivity index (χ0v) is 21.2. The van der Waals surface area contributed by atoms with E-state index in [2.05, 4.69) is 20.6 Å². The van der Waals surface area contributed by atoms with Crippen LogP contribution in [0.15, 0.2) is 53.6 Å². The highest BCUT2D eigenvalue weighted by Gasteiger charge is 2.23. The summed E-state index contributed by atoms with van der Waals surface area (Å²) >= 11 is 0. The summed E-state index contributed by atoms with van der Waals surface area (Å²) in [6, 6.07) is 12.0. The average Bonchev–Trinajstić information content (AvgIpc) is 2.86. The summed E-state index contributed by atoms with van der Waals surface area (Å²) in [5.74, 6) is 1.18. The molecule has 0 bridgehead atoms. The van der Waals surface area contributed by atoms with Crippen LogP contribution in [0.5, 0.6) is 5.75 Å². The molecule has 1 aliphatic rings. The Kier molecular flexibility index (Phi) is 6.44. The molecule has 0 saturated heterocycles. The van der Waals surface area contributed by atoms with Gasteiger partial charge >= 0.3 is 0 Å². The number of hydrogen-bond acceptors (Lipinski definition) is 7. The Balaban J connectivity index is 1.64. The summed E-state index contributed by atoms with van der Waals surface area (Å²) in [5.41, 5.74) is 3.00. The zero-order chi connectivity index (χ0) is 27.5. The Hall–Kier alpha value is -3.13. The summed E-state index contributed by atoms with van der Waals surface area (Å²) in [4.78, 5) is 8.95. The summed E-state index contributed by atoms with van der Waals surface area (Å²) in [5, 5.41) is 5.61. The molecule has 1 heterocycles. The fraction of sp³-hybridized carbons (Fsp3) is 0.407.